The molecule has 1 heterocycles. The van der Waals surface area contributed by atoms with Crippen molar-refractivity contribution in [1.82, 2.24) is 9.97 Å². The molecule has 0 saturated heterocycles. The summed E-state index contributed by atoms with van der Waals surface area (Å²) in [5.41, 5.74) is 6.61. The zero-order valence-electron chi connectivity index (χ0n) is 8.54. The number of hydrogen-bond acceptors (Lipinski definition) is 3. The van der Waals surface area contributed by atoms with E-state index in [4.69, 9.17) is 5.73 Å². The third kappa shape index (κ3) is 2.25. The van der Waals surface area contributed by atoms with E-state index in [1.54, 1.807) is 6.20 Å². The van der Waals surface area contributed by atoms with Crippen LogP contribution in [-0.4, -0.2) is 16.5 Å². The standard InChI is InChI=1S/C10H17N3/c1-4-8-5-6-12-9(13-8)10(2,3)7-11/h5-6H,4,7,11H2,1-3H3. The summed E-state index contributed by atoms with van der Waals surface area (Å²) in [5.74, 6) is 0.842. The van der Waals surface area contributed by atoms with E-state index in [0.717, 1.165) is 17.9 Å². The first-order valence-electron chi connectivity index (χ1n) is 4.62. The maximum Gasteiger partial charge on any atom is 0.135 e. The van der Waals surface area contributed by atoms with Crippen molar-refractivity contribution in [3.05, 3.63) is 23.8 Å². The molecule has 2 N–H and O–H groups in total. The van der Waals surface area contributed by atoms with Gasteiger partial charge in [-0.25, -0.2) is 9.97 Å². The van der Waals surface area contributed by atoms with Crippen LogP contribution >= 0.6 is 0 Å². The van der Waals surface area contributed by atoms with Gasteiger partial charge in [0.05, 0.1) is 0 Å². The topological polar surface area (TPSA) is 51.8 Å². The highest BCUT2D eigenvalue weighted by molar-refractivity contribution is 5.09. The normalized spacial score (nSPS) is 11.7. The lowest BCUT2D eigenvalue weighted by molar-refractivity contribution is 0.499. The van der Waals surface area contributed by atoms with Gasteiger partial charge in [0.1, 0.15) is 5.82 Å². The number of aryl methyl sites for hydroxylation is 1. The van der Waals surface area contributed by atoms with Crippen molar-refractivity contribution in [3.8, 4) is 0 Å². The zero-order valence-corrected chi connectivity index (χ0v) is 8.54. The zero-order chi connectivity index (χ0) is 9.90. The monoisotopic (exact) mass is 179 g/mol. The molecule has 1 rings (SSSR count). The summed E-state index contributed by atoms with van der Waals surface area (Å²) in [6, 6.07) is 1.94. The Kier molecular flexibility index (Phi) is 2.98. The van der Waals surface area contributed by atoms with Crippen LogP contribution in [0.5, 0.6) is 0 Å². The molecular formula is C10H17N3. The Morgan fingerprint density at radius 2 is 2.15 bits per heavy atom. The summed E-state index contributed by atoms with van der Waals surface area (Å²) in [7, 11) is 0. The second-order valence-corrected chi connectivity index (χ2v) is 3.81. The van der Waals surface area contributed by atoms with E-state index < -0.39 is 0 Å². The van der Waals surface area contributed by atoms with Gasteiger partial charge in [-0.3, -0.25) is 0 Å². The van der Waals surface area contributed by atoms with Gasteiger partial charge in [0, 0.05) is 23.9 Å². The van der Waals surface area contributed by atoms with E-state index in [1.807, 2.05) is 6.07 Å². The van der Waals surface area contributed by atoms with Crippen molar-refractivity contribution in [2.75, 3.05) is 6.54 Å². The smallest absolute Gasteiger partial charge is 0.135 e. The van der Waals surface area contributed by atoms with Crippen LogP contribution in [0.4, 0.5) is 0 Å². The molecule has 72 valence electrons. The largest absolute Gasteiger partial charge is 0.329 e. The van der Waals surface area contributed by atoms with Crippen molar-refractivity contribution in [2.24, 2.45) is 5.73 Å². The van der Waals surface area contributed by atoms with Gasteiger partial charge in [-0.1, -0.05) is 20.8 Å². The molecule has 0 aliphatic heterocycles. The molecule has 0 radical (unpaired) electrons. The Bertz CT molecular complexity index is 281. The van der Waals surface area contributed by atoms with Crippen molar-refractivity contribution >= 4 is 0 Å². The molecule has 1 aromatic heterocycles. The SMILES string of the molecule is CCc1ccnc(C(C)(C)CN)n1. The van der Waals surface area contributed by atoms with Crippen molar-refractivity contribution < 1.29 is 0 Å². The van der Waals surface area contributed by atoms with Gasteiger partial charge in [0.2, 0.25) is 0 Å². The lowest BCUT2D eigenvalue weighted by atomic mass is 9.92. The first-order valence-corrected chi connectivity index (χ1v) is 4.62. The van der Waals surface area contributed by atoms with Gasteiger partial charge >= 0.3 is 0 Å². The number of rotatable bonds is 3. The van der Waals surface area contributed by atoms with Crippen LogP contribution in [0.1, 0.15) is 32.3 Å². The van der Waals surface area contributed by atoms with Crippen LogP contribution in [0.15, 0.2) is 12.3 Å². The van der Waals surface area contributed by atoms with Crippen LogP contribution in [0.2, 0.25) is 0 Å². The summed E-state index contributed by atoms with van der Waals surface area (Å²) < 4.78 is 0. The molecule has 0 bridgehead atoms. The highest BCUT2D eigenvalue weighted by Gasteiger charge is 2.21. The van der Waals surface area contributed by atoms with Crippen molar-refractivity contribution in [1.29, 1.82) is 0 Å². The van der Waals surface area contributed by atoms with Crippen LogP contribution in [-0.2, 0) is 11.8 Å². The first kappa shape index (κ1) is 10.1. The van der Waals surface area contributed by atoms with Gasteiger partial charge in [0.25, 0.3) is 0 Å². The van der Waals surface area contributed by atoms with Gasteiger partial charge in [-0.2, -0.15) is 0 Å². The lowest BCUT2D eigenvalue weighted by Gasteiger charge is -2.20. The highest BCUT2D eigenvalue weighted by atomic mass is 14.9. The fourth-order valence-corrected chi connectivity index (χ4v) is 1.01. The molecule has 0 aromatic carbocycles. The third-order valence-electron chi connectivity index (χ3n) is 2.19. The number of nitrogens with zero attached hydrogens (tertiary/aromatic N) is 2. The lowest BCUT2D eigenvalue weighted by Crippen LogP contribution is -2.30. The maximum atomic E-state index is 5.65. The van der Waals surface area contributed by atoms with Crippen LogP contribution in [0.25, 0.3) is 0 Å². The summed E-state index contributed by atoms with van der Waals surface area (Å²) in [6.45, 7) is 6.77. The second kappa shape index (κ2) is 3.83. The fourth-order valence-electron chi connectivity index (χ4n) is 1.01. The number of hydrogen-bond donors (Lipinski definition) is 1. The summed E-state index contributed by atoms with van der Waals surface area (Å²) >= 11 is 0. The minimum absolute atomic E-state index is 0.120. The molecule has 0 unspecified atom stereocenters. The molecular weight excluding hydrogens is 162 g/mol. The van der Waals surface area contributed by atoms with E-state index >= 15 is 0 Å². The average molecular weight is 179 g/mol. The van der Waals surface area contributed by atoms with E-state index in [9.17, 15) is 0 Å². The molecule has 13 heavy (non-hydrogen) atoms. The molecule has 0 amide bonds. The molecule has 3 nitrogen and oxygen atoms in total. The molecule has 0 fully saturated rings. The van der Waals surface area contributed by atoms with Crippen LogP contribution in [0, 0.1) is 0 Å². The molecule has 3 heteroatoms. The minimum Gasteiger partial charge on any atom is -0.329 e. The van der Waals surface area contributed by atoms with Crippen LogP contribution in [0.3, 0.4) is 0 Å². The predicted octanol–water partition coefficient (Wildman–Crippen LogP) is 1.28. The Morgan fingerprint density at radius 1 is 1.46 bits per heavy atom. The highest BCUT2D eigenvalue weighted by Crippen LogP contribution is 2.17. The summed E-state index contributed by atoms with van der Waals surface area (Å²) in [6.07, 6.45) is 2.74. The van der Waals surface area contributed by atoms with E-state index in [0.29, 0.717) is 6.54 Å². The van der Waals surface area contributed by atoms with Gasteiger partial charge in [-0.05, 0) is 12.5 Å². The minimum atomic E-state index is -0.120. The molecule has 0 saturated carbocycles. The van der Waals surface area contributed by atoms with E-state index in [-0.39, 0.29) is 5.41 Å². The molecule has 0 aliphatic rings. The average Bonchev–Trinajstić information content (AvgIpc) is 2.18. The predicted molar refractivity (Wildman–Crippen MR) is 53.5 cm³/mol. The second-order valence-electron chi connectivity index (χ2n) is 3.81. The summed E-state index contributed by atoms with van der Waals surface area (Å²) in [4.78, 5) is 8.68. The summed E-state index contributed by atoms with van der Waals surface area (Å²) in [5, 5.41) is 0. The molecule has 0 spiro atoms. The maximum absolute atomic E-state index is 5.65. The number of nitrogens with two attached hydrogens (primary N) is 1. The Balaban J connectivity index is 3.01. The molecule has 0 aliphatic carbocycles. The Hall–Kier alpha value is -0.960. The fraction of sp³-hybridized carbons (Fsp3) is 0.600. The first-order chi connectivity index (χ1) is 6.10. The Labute approximate surface area is 79.4 Å². The van der Waals surface area contributed by atoms with Gasteiger partial charge in [0.15, 0.2) is 0 Å². The van der Waals surface area contributed by atoms with Crippen molar-refractivity contribution in [2.45, 2.75) is 32.6 Å². The third-order valence-corrected chi connectivity index (χ3v) is 2.19. The van der Waals surface area contributed by atoms with Gasteiger partial charge < -0.3 is 5.73 Å². The van der Waals surface area contributed by atoms with E-state index in [2.05, 4.69) is 30.7 Å². The number of aromatic nitrogens is 2. The van der Waals surface area contributed by atoms with Crippen LogP contribution < -0.4 is 5.73 Å². The molecule has 0 atom stereocenters. The molecule has 1 aromatic rings. The Morgan fingerprint density at radius 3 is 2.69 bits per heavy atom. The van der Waals surface area contributed by atoms with E-state index in [1.165, 1.54) is 0 Å². The van der Waals surface area contributed by atoms with Crippen molar-refractivity contribution in [3.63, 3.8) is 0 Å². The van der Waals surface area contributed by atoms with Gasteiger partial charge in [-0.15, -0.1) is 0 Å². The quantitative estimate of drug-likeness (QED) is 0.760.